The lowest BCUT2D eigenvalue weighted by atomic mass is 9.94. The Bertz CT molecular complexity index is 592. The maximum Gasteiger partial charge on any atom is 0.114 e. The van der Waals surface area contributed by atoms with Gasteiger partial charge in [0, 0.05) is 9.75 Å². The first-order valence-corrected chi connectivity index (χ1v) is 8.25. The highest BCUT2D eigenvalue weighted by atomic mass is 32.1. The third kappa shape index (κ3) is 2.43. The van der Waals surface area contributed by atoms with E-state index < -0.39 is 6.10 Å². The van der Waals surface area contributed by atoms with Gasteiger partial charge < -0.3 is 5.11 Å². The second-order valence-electron chi connectivity index (χ2n) is 6.02. The number of fused-ring (bicyclic) bond motifs is 1. The summed E-state index contributed by atoms with van der Waals surface area (Å²) in [6.07, 6.45) is 4.50. The normalized spacial score (nSPS) is 16.0. The Morgan fingerprint density at radius 2 is 1.65 bits per heavy atom. The van der Waals surface area contributed by atoms with Crippen molar-refractivity contribution >= 4 is 11.3 Å². The van der Waals surface area contributed by atoms with Crippen molar-refractivity contribution in [3.05, 3.63) is 55.8 Å². The summed E-state index contributed by atoms with van der Waals surface area (Å²) in [5, 5.41) is 10.8. The molecule has 1 N–H and O–H groups in total. The van der Waals surface area contributed by atoms with Crippen LogP contribution >= 0.6 is 11.3 Å². The Morgan fingerprint density at radius 3 is 2.30 bits per heavy atom. The molecule has 1 atom stereocenters. The van der Waals surface area contributed by atoms with Gasteiger partial charge in [-0.15, -0.1) is 11.3 Å². The molecule has 3 rings (SSSR count). The van der Waals surface area contributed by atoms with E-state index in [1.807, 2.05) is 11.3 Å². The van der Waals surface area contributed by atoms with Crippen molar-refractivity contribution in [3.63, 3.8) is 0 Å². The van der Waals surface area contributed by atoms with E-state index in [0.29, 0.717) is 0 Å². The minimum Gasteiger partial charge on any atom is -0.383 e. The molecule has 1 aliphatic carbocycles. The van der Waals surface area contributed by atoms with E-state index in [0.717, 1.165) is 10.4 Å². The highest BCUT2D eigenvalue weighted by Crippen LogP contribution is 2.37. The zero-order valence-electron chi connectivity index (χ0n) is 12.5. The molecule has 1 unspecified atom stereocenters. The van der Waals surface area contributed by atoms with Gasteiger partial charge in [-0.3, -0.25) is 0 Å². The van der Waals surface area contributed by atoms with Crippen molar-refractivity contribution in [1.82, 2.24) is 0 Å². The second-order valence-corrected chi connectivity index (χ2v) is 7.19. The molecule has 0 spiro atoms. The third-order valence-corrected chi connectivity index (χ3v) is 5.59. The van der Waals surface area contributed by atoms with E-state index in [4.69, 9.17) is 0 Å². The van der Waals surface area contributed by atoms with E-state index in [2.05, 4.69) is 39.0 Å². The number of hydrogen-bond donors (Lipinski definition) is 1. The number of aliphatic hydroxyl groups is 1. The summed E-state index contributed by atoms with van der Waals surface area (Å²) in [5.41, 5.74) is 6.22. The molecule has 20 heavy (non-hydrogen) atoms. The lowest BCUT2D eigenvalue weighted by Gasteiger charge is -2.16. The molecule has 0 radical (unpaired) electrons. The lowest BCUT2D eigenvalue weighted by Crippen LogP contribution is -2.03. The number of thiophene rings is 1. The van der Waals surface area contributed by atoms with Crippen molar-refractivity contribution in [3.8, 4) is 0 Å². The van der Waals surface area contributed by atoms with Crippen LogP contribution in [0.25, 0.3) is 0 Å². The van der Waals surface area contributed by atoms with Gasteiger partial charge >= 0.3 is 0 Å². The van der Waals surface area contributed by atoms with Crippen molar-refractivity contribution in [1.29, 1.82) is 0 Å². The quantitative estimate of drug-likeness (QED) is 0.853. The van der Waals surface area contributed by atoms with Crippen LogP contribution in [0.4, 0.5) is 0 Å². The predicted molar refractivity (Wildman–Crippen MR) is 85.7 cm³/mol. The molecule has 1 aromatic carbocycles. The van der Waals surface area contributed by atoms with Crippen LogP contribution in [0.1, 0.15) is 56.5 Å². The molecule has 1 nitrogen and oxygen atoms in total. The van der Waals surface area contributed by atoms with Crippen molar-refractivity contribution in [2.24, 2.45) is 0 Å². The molecule has 0 bridgehead atoms. The Labute approximate surface area is 125 Å². The van der Waals surface area contributed by atoms with Gasteiger partial charge in [-0.05, 0) is 74.8 Å². The van der Waals surface area contributed by atoms with Gasteiger partial charge in [-0.1, -0.05) is 17.7 Å². The molecular formula is C18H22OS. The molecule has 1 aromatic heterocycles. The number of aliphatic hydroxyl groups excluding tert-OH is 1. The largest absolute Gasteiger partial charge is 0.383 e. The molecule has 2 aromatic rings. The zero-order chi connectivity index (χ0) is 14.3. The van der Waals surface area contributed by atoms with Gasteiger partial charge in [0.25, 0.3) is 0 Å². The molecule has 2 heteroatoms. The van der Waals surface area contributed by atoms with Crippen molar-refractivity contribution < 1.29 is 5.11 Å². The van der Waals surface area contributed by atoms with Crippen LogP contribution in [0.2, 0.25) is 0 Å². The van der Waals surface area contributed by atoms with E-state index >= 15 is 0 Å². The van der Waals surface area contributed by atoms with Crippen LogP contribution in [-0.2, 0) is 12.8 Å². The molecule has 0 aliphatic heterocycles. The molecular weight excluding hydrogens is 264 g/mol. The first-order valence-electron chi connectivity index (χ1n) is 7.43. The summed E-state index contributed by atoms with van der Waals surface area (Å²) in [4.78, 5) is 2.61. The fourth-order valence-electron chi connectivity index (χ4n) is 3.41. The Hall–Kier alpha value is -1.12. The summed E-state index contributed by atoms with van der Waals surface area (Å²) in [6, 6.07) is 6.57. The van der Waals surface area contributed by atoms with Crippen LogP contribution in [0.15, 0.2) is 18.2 Å². The second kappa shape index (κ2) is 5.34. The van der Waals surface area contributed by atoms with Gasteiger partial charge in [0.2, 0.25) is 0 Å². The first kappa shape index (κ1) is 13.8. The molecule has 0 saturated heterocycles. The molecule has 0 saturated carbocycles. The highest BCUT2D eigenvalue weighted by Gasteiger charge is 2.21. The number of rotatable bonds is 2. The smallest absolute Gasteiger partial charge is 0.114 e. The minimum absolute atomic E-state index is 0.466. The average molecular weight is 286 g/mol. The van der Waals surface area contributed by atoms with Crippen molar-refractivity contribution in [2.45, 2.75) is 52.6 Å². The number of benzene rings is 1. The van der Waals surface area contributed by atoms with Crippen LogP contribution in [-0.4, -0.2) is 5.11 Å². The van der Waals surface area contributed by atoms with Gasteiger partial charge in [-0.2, -0.15) is 0 Å². The average Bonchev–Trinajstić information content (AvgIpc) is 2.81. The van der Waals surface area contributed by atoms with Crippen LogP contribution < -0.4 is 0 Å². The summed E-state index contributed by atoms with van der Waals surface area (Å²) < 4.78 is 0. The van der Waals surface area contributed by atoms with Crippen LogP contribution in [0, 0.1) is 20.8 Å². The van der Waals surface area contributed by atoms with Gasteiger partial charge in [0.1, 0.15) is 6.10 Å². The van der Waals surface area contributed by atoms with Gasteiger partial charge in [0.15, 0.2) is 0 Å². The fourth-order valence-corrected chi connectivity index (χ4v) is 4.67. The van der Waals surface area contributed by atoms with E-state index in [-0.39, 0.29) is 0 Å². The number of aryl methyl sites for hydroxylation is 5. The zero-order valence-corrected chi connectivity index (χ0v) is 13.3. The van der Waals surface area contributed by atoms with Gasteiger partial charge in [-0.25, -0.2) is 0 Å². The molecule has 0 amide bonds. The van der Waals surface area contributed by atoms with Gasteiger partial charge in [0.05, 0.1) is 0 Å². The third-order valence-electron chi connectivity index (χ3n) is 4.30. The molecule has 1 aliphatic rings. The maximum absolute atomic E-state index is 10.8. The molecule has 0 fully saturated rings. The standard InChI is InChI=1S/C18H22OS/c1-11-8-12(2)17(13(3)9-11)18(19)16-10-14-6-4-5-7-15(14)20-16/h8-10,18-19H,4-7H2,1-3H3. The van der Waals surface area contributed by atoms with E-state index in [1.165, 1.54) is 52.8 Å². The molecule has 106 valence electrons. The molecule has 1 heterocycles. The Morgan fingerprint density at radius 1 is 1.00 bits per heavy atom. The predicted octanol–water partition coefficient (Wildman–Crippen LogP) is 4.63. The summed E-state index contributed by atoms with van der Waals surface area (Å²) >= 11 is 1.81. The van der Waals surface area contributed by atoms with Crippen LogP contribution in [0.3, 0.4) is 0 Å². The lowest BCUT2D eigenvalue weighted by molar-refractivity contribution is 0.222. The Kier molecular flexibility index (Phi) is 3.70. The van der Waals surface area contributed by atoms with Crippen molar-refractivity contribution in [2.75, 3.05) is 0 Å². The van der Waals surface area contributed by atoms with Crippen LogP contribution in [0.5, 0.6) is 0 Å². The monoisotopic (exact) mass is 286 g/mol. The van der Waals surface area contributed by atoms with E-state index in [1.54, 1.807) is 0 Å². The summed E-state index contributed by atoms with van der Waals surface area (Å²) in [7, 11) is 0. The topological polar surface area (TPSA) is 20.2 Å². The highest BCUT2D eigenvalue weighted by molar-refractivity contribution is 7.12. The van der Waals surface area contributed by atoms with E-state index in [9.17, 15) is 5.11 Å². The maximum atomic E-state index is 10.8. The first-order chi connectivity index (χ1) is 9.56. The SMILES string of the molecule is Cc1cc(C)c(C(O)c2cc3c(s2)CCCC3)c(C)c1. The summed E-state index contributed by atoms with van der Waals surface area (Å²) in [5.74, 6) is 0. The summed E-state index contributed by atoms with van der Waals surface area (Å²) in [6.45, 7) is 6.32. The fraction of sp³-hybridized carbons (Fsp3) is 0.444. The number of hydrogen-bond acceptors (Lipinski definition) is 2. The minimum atomic E-state index is -0.466. The Balaban J connectivity index is 2.00.